The fraction of sp³-hybridized carbons (Fsp3) is 0.0769. The molecule has 3 heterocycles. The molecule has 0 spiro atoms. The molecule has 0 saturated heterocycles. The van der Waals surface area contributed by atoms with Crippen LogP contribution in [0, 0.1) is 0 Å². The number of hydrogen-bond acceptors (Lipinski definition) is 6. The Balaban J connectivity index is 2.31. The number of hydrogen-bond donors (Lipinski definition) is 2. The number of pyridine rings is 1. The summed E-state index contributed by atoms with van der Waals surface area (Å²) in [7, 11) is 0. The molecule has 3 rings (SSSR count). The molecule has 0 atom stereocenters. The van der Waals surface area contributed by atoms with Crippen molar-refractivity contribution in [1.29, 1.82) is 0 Å². The molecule has 3 aromatic heterocycles. The molecule has 120 valence electrons. The maximum absolute atomic E-state index is 13.3. The Morgan fingerprint density at radius 3 is 2.70 bits per heavy atom. The monoisotopic (exact) mass is 343 g/mol. The molecule has 23 heavy (non-hydrogen) atoms. The predicted molar refractivity (Wildman–Crippen MR) is 76.9 cm³/mol. The first-order chi connectivity index (χ1) is 10.8. The second-order valence-electron chi connectivity index (χ2n) is 4.43. The standard InChI is InChI=1S/C13H8F3N3O3S/c14-13(15,16)5-4-6(7-2-1-3-21-7)19-10-8(5)9(17)11(23-10)22-12(18)20/h1-4H,17H2,(H2,18,20). The summed E-state index contributed by atoms with van der Waals surface area (Å²) in [6.07, 6.45) is -4.54. The maximum atomic E-state index is 13.3. The van der Waals surface area contributed by atoms with Gasteiger partial charge in [-0.05, 0) is 18.2 Å². The van der Waals surface area contributed by atoms with Crippen molar-refractivity contribution in [3.63, 3.8) is 0 Å². The average Bonchev–Trinajstić information content (AvgIpc) is 3.06. The van der Waals surface area contributed by atoms with E-state index in [9.17, 15) is 18.0 Å². The lowest BCUT2D eigenvalue weighted by Crippen LogP contribution is -2.16. The van der Waals surface area contributed by atoms with Crippen LogP contribution in [-0.4, -0.2) is 11.1 Å². The van der Waals surface area contributed by atoms with Crippen LogP contribution in [0.5, 0.6) is 5.06 Å². The van der Waals surface area contributed by atoms with E-state index in [1.807, 2.05) is 0 Å². The van der Waals surface area contributed by atoms with Crippen LogP contribution in [0.15, 0.2) is 28.9 Å². The third-order valence-corrected chi connectivity index (χ3v) is 3.91. The van der Waals surface area contributed by atoms with E-state index in [-0.39, 0.29) is 32.4 Å². The number of halogens is 3. The zero-order valence-electron chi connectivity index (χ0n) is 11.2. The summed E-state index contributed by atoms with van der Waals surface area (Å²) in [5, 5.41) is -0.573. The van der Waals surface area contributed by atoms with Gasteiger partial charge < -0.3 is 20.6 Å². The third kappa shape index (κ3) is 2.68. The second-order valence-corrected chi connectivity index (χ2v) is 5.40. The van der Waals surface area contributed by atoms with Gasteiger partial charge in [0.15, 0.2) is 5.76 Å². The number of primary amides is 1. The normalized spacial score (nSPS) is 11.8. The van der Waals surface area contributed by atoms with Crippen LogP contribution in [0.25, 0.3) is 21.7 Å². The summed E-state index contributed by atoms with van der Waals surface area (Å²) in [6, 6.07) is 3.84. The van der Waals surface area contributed by atoms with Gasteiger partial charge in [0.1, 0.15) is 10.5 Å². The van der Waals surface area contributed by atoms with Crippen LogP contribution in [0.4, 0.5) is 23.7 Å². The van der Waals surface area contributed by atoms with Crippen LogP contribution in [0.2, 0.25) is 0 Å². The number of carbonyl (C=O) groups is 1. The third-order valence-electron chi connectivity index (χ3n) is 2.94. The van der Waals surface area contributed by atoms with Crippen molar-refractivity contribution in [2.24, 2.45) is 5.73 Å². The maximum Gasteiger partial charge on any atom is 0.417 e. The number of thiophene rings is 1. The van der Waals surface area contributed by atoms with Crippen molar-refractivity contribution in [2.75, 3.05) is 5.73 Å². The quantitative estimate of drug-likeness (QED) is 0.739. The zero-order valence-corrected chi connectivity index (χ0v) is 12.0. The highest BCUT2D eigenvalue weighted by molar-refractivity contribution is 7.21. The van der Waals surface area contributed by atoms with Crippen LogP contribution >= 0.6 is 11.3 Å². The van der Waals surface area contributed by atoms with Gasteiger partial charge in [0.05, 0.1) is 22.9 Å². The van der Waals surface area contributed by atoms with Gasteiger partial charge in [-0.3, -0.25) is 0 Å². The van der Waals surface area contributed by atoms with E-state index >= 15 is 0 Å². The minimum absolute atomic E-state index is 0.0123. The Bertz CT molecular complexity index is 887. The van der Waals surface area contributed by atoms with E-state index in [1.54, 1.807) is 0 Å². The lowest BCUT2D eigenvalue weighted by molar-refractivity contribution is -0.136. The molecular weight excluding hydrogens is 335 g/mol. The SMILES string of the molecule is NC(=O)Oc1sc2nc(-c3ccco3)cc(C(F)(F)F)c2c1N. The number of fused-ring (bicyclic) bond motifs is 1. The number of carbonyl (C=O) groups excluding carboxylic acids is 1. The fourth-order valence-electron chi connectivity index (χ4n) is 2.04. The van der Waals surface area contributed by atoms with Crippen molar-refractivity contribution >= 4 is 33.3 Å². The Kier molecular flexibility index (Phi) is 3.40. The van der Waals surface area contributed by atoms with Gasteiger partial charge in [0, 0.05) is 0 Å². The minimum atomic E-state index is -4.68. The van der Waals surface area contributed by atoms with E-state index < -0.39 is 17.8 Å². The molecule has 0 aliphatic heterocycles. The number of amides is 1. The summed E-state index contributed by atoms with van der Waals surface area (Å²) in [5.41, 5.74) is 9.20. The second kappa shape index (κ2) is 5.16. The van der Waals surface area contributed by atoms with Crippen LogP contribution in [0.1, 0.15) is 5.56 Å². The fourth-order valence-corrected chi connectivity index (χ4v) is 3.02. The van der Waals surface area contributed by atoms with E-state index in [1.165, 1.54) is 18.4 Å². The smallest absolute Gasteiger partial charge is 0.417 e. The number of anilines is 1. The Morgan fingerprint density at radius 1 is 1.39 bits per heavy atom. The molecule has 10 heteroatoms. The first-order valence-electron chi connectivity index (χ1n) is 6.08. The first-order valence-corrected chi connectivity index (χ1v) is 6.90. The molecule has 1 amide bonds. The molecule has 3 aromatic rings. The van der Waals surface area contributed by atoms with Gasteiger partial charge in [-0.25, -0.2) is 9.78 Å². The highest BCUT2D eigenvalue weighted by atomic mass is 32.1. The summed E-state index contributed by atoms with van der Waals surface area (Å²) in [4.78, 5) is 14.9. The molecule has 0 unspecified atom stereocenters. The molecule has 6 nitrogen and oxygen atoms in total. The number of furan rings is 1. The molecule has 0 saturated carbocycles. The van der Waals surface area contributed by atoms with Crippen molar-refractivity contribution < 1.29 is 27.1 Å². The first kappa shape index (κ1) is 15.2. The summed E-state index contributed by atoms with van der Waals surface area (Å²) < 4.78 is 49.8. The van der Waals surface area contributed by atoms with Gasteiger partial charge >= 0.3 is 12.3 Å². The number of alkyl halides is 3. The van der Waals surface area contributed by atoms with E-state index in [4.69, 9.17) is 15.9 Å². The molecule has 0 fully saturated rings. The predicted octanol–water partition coefficient (Wildman–Crippen LogP) is 3.61. The number of aromatic nitrogens is 1. The van der Waals surface area contributed by atoms with Gasteiger partial charge in [-0.2, -0.15) is 13.2 Å². The summed E-state index contributed by atoms with van der Waals surface area (Å²) in [6.45, 7) is 0. The van der Waals surface area contributed by atoms with Gasteiger partial charge in [0.25, 0.3) is 0 Å². The number of nitrogens with zero attached hydrogens (tertiary/aromatic N) is 1. The molecule has 0 radical (unpaired) electrons. The number of ether oxygens (including phenoxy) is 1. The Labute approximate surface area is 130 Å². The summed E-state index contributed by atoms with van der Waals surface area (Å²) >= 11 is 0.693. The van der Waals surface area contributed by atoms with Crippen LogP contribution in [0.3, 0.4) is 0 Å². The molecule has 4 N–H and O–H groups in total. The molecule has 0 aliphatic rings. The number of nitrogen functional groups attached to an aromatic ring is 1. The highest BCUT2D eigenvalue weighted by Gasteiger charge is 2.36. The van der Waals surface area contributed by atoms with Crippen LogP contribution in [-0.2, 0) is 6.18 Å². The molecule has 0 aromatic carbocycles. The van der Waals surface area contributed by atoms with Crippen LogP contribution < -0.4 is 16.2 Å². The van der Waals surface area contributed by atoms with Crippen molar-refractivity contribution in [3.05, 3.63) is 30.0 Å². The highest BCUT2D eigenvalue weighted by Crippen LogP contribution is 2.46. The van der Waals surface area contributed by atoms with Crippen molar-refractivity contribution in [2.45, 2.75) is 6.18 Å². The Hall–Kier alpha value is -2.75. The average molecular weight is 343 g/mol. The summed E-state index contributed by atoms with van der Waals surface area (Å²) in [5.74, 6) is 0.168. The van der Waals surface area contributed by atoms with Gasteiger partial charge in [-0.15, -0.1) is 0 Å². The lowest BCUT2D eigenvalue weighted by atomic mass is 10.1. The lowest BCUT2D eigenvalue weighted by Gasteiger charge is -2.10. The van der Waals surface area contributed by atoms with E-state index in [0.29, 0.717) is 11.3 Å². The number of nitrogens with two attached hydrogens (primary N) is 2. The largest absolute Gasteiger partial charge is 0.463 e. The zero-order chi connectivity index (χ0) is 16.8. The van der Waals surface area contributed by atoms with E-state index in [2.05, 4.69) is 9.72 Å². The molecular formula is C13H8F3N3O3S. The van der Waals surface area contributed by atoms with Crippen molar-refractivity contribution in [3.8, 4) is 16.5 Å². The number of rotatable bonds is 2. The topological polar surface area (TPSA) is 104 Å². The van der Waals surface area contributed by atoms with Gasteiger partial charge in [0.2, 0.25) is 5.06 Å². The minimum Gasteiger partial charge on any atom is -0.463 e. The molecule has 0 bridgehead atoms. The molecule has 0 aliphatic carbocycles. The Morgan fingerprint density at radius 2 is 2.13 bits per heavy atom. The van der Waals surface area contributed by atoms with Gasteiger partial charge in [-0.1, -0.05) is 11.3 Å². The van der Waals surface area contributed by atoms with Crippen molar-refractivity contribution in [1.82, 2.24) is 4.98 Å². The van der Waals surface area contributed by atoms with E-state index in [0.717, 1.165) is 6.07 Å².